The van der Waals surface area contributed by atoms with E-state index in [0.717, 1.165) is 31.4 Å². The molecule has 18 heavy (non-hydrogen) atoms. The molecule has 5 heteroatoms. The van der Waals surface area contributed by atoms with Crippen molar-refractivity contribution in [3.05, 3.63) is 23.0 Å². The van der Waals surface area contributed by atoms with Gasteiger partial charge in [0.2, 0.25) is 0 Å². The monoisotopic (exact) mass is 268 g/mol. The largest absolute Gasteiger partial charge is 0.396 e. The molecule has 0 unspecified atom stereocenters. The van der Waals surface area contributed by atoms with Crippen LogP contribution in [0.4, 0.5) is 5.69 Å². The van der Waals surface area contributed by atoms with Crippen molar-refractivity contribution in [1.29, 1.82) is 0 Å². The molecule has 4 nitrogen and oxygen atoms in total. The zero-order chi connectivity index (χ0) is 13.0. The number of hydrogen-bond acceptors (Lipinski definition) is 4. The van der Waals surface area contributed by atoms with Crippen LogP contribution in [0.25, 0.3) is 0 Å². The second-order valence-corrected chi connectivity index (χ2v) is 4.94. The number of aliphatic hydroxyl groups excluding tert-OH is 1. The fraction of sp³-hybridized carbons (Fsp3) is 0.538. The van der Waals surface area contributed by atoms with E-state index in [9.17, 15) is 4.79 Å². The standard InChI is InChI=1S/C13H17ClN2O2/c14-12-7-11(15-5-1-2-6-17)10(8-16-12)13(18)9-3-4-9/h7-9,17H,1-6H2,(H,15,16). The van der Waals surface area contributed by atoms with Crippen LogP contribution in [0.1, 0.15) is 36.0 Å². The fourth-order valence-electron chi connectivity index (χ4n) is 1.80. The summed E-state index contributed by atoms with van der Waals surface area (Å²) in [6.07, 6.45) is 5.11. The summed E-state index contributed by atoms with van der Waals surface area (Å²) < 4.78 is 0. The number of Topliss-reactive ketones (excluding diaryl/α,β-unsaturated/α-hetero) is 1. The molecule has 1 fully saturated rings. The van der Waals surface area contributed by atoms with Gasteiger partial charge in [-0.15, -0.1) is 0 Å². The molecule has 0 spiro atoms. The van der Waals surface area contributed by atoms with E-state index in [2.05, 4.69) is 10.3 Å². The second-order valence-electron chi connectivity index (χ2n) is 4.55. The molecule has 0 aromatic carbocycles. The first-order valence-corrected chi connectivity index (χ1v) is 6.64. The van der Waals surface area contributed by atoms with Crippen LogP contribution in [0.2, 0.25) is 5.15 Å². The number of aliphatic hydroxyl groups is 1. The van der Waals surface area contributed by atoms with Crippen LogP contribution in [-0.2, 0) is 0 Å². The lowest BCUT2D eigenvalue weighted by atomic mass is 10.1. The van der Waals surface area contributed by atoms with Crippen LogP contribution in [0, 0.1) is 5.92 Å². The minimum atomic E-state index is 0.156. The zero-order valence-corrected chi connectivity index (χ0v) is 10.9. The number of anilines is 1. The Morgan fingerprint density at radius 3 is 2.94 bits per heavy atom. The highest BCUT2D eigenvalue weighted by Crippen LogP contribution is 2.34. The molecule has 2 rings (SSSR count). The lowest BCUT2D eigenvalue weighted by molar-refractivity contribution is 0.0968. The highest BCUT2D eigenvalue weighted by molar-refractivity contribution is 6.29. The van der Waals surface area contributed by atoms with Crippen molar-refractivity contribution in [2.45, 2.75) is 25.7 Å². The van der Waals surface area contributed by atoms with Gasteiger partial charge in [-0.1, -0.05) is 11.6 Å². The number of carbonyl (C=O) groups is 1. The van der Waals surface area contributed by atoms with Gasteiger partial charge >= 0.3 is 0 Å². The average Bonchev–Trinajstić information content (AvgIpc) is 3.18. The number of nitrogens with zero attached hydrogens (tertiary/aromatic N) is 1. The summed E-state index contributed by atoms with van der Waals surface area (Å²) in [7, 11) is 0. The van der Waals surface area contributed by atoms with Crippen molar-refractivity contribution in [3.8, 4) is 0 Å². The Balaban J connectivity index is 2.05. The van der Waals surface area contributed by atoms with Crippen molar-refractivity contribution >= 4 is 23.1 Å². The molecular weight excluding hydrogens is 252 g/mol. The van der Waals surface area contributed by atoms with Crippen LogP contribution in [0.15, 0.2) is 12.3 Å². The third-order valence-electron chi connectivity index (χ3n) is 2.98. The Morgan fingerprint density at radius 1 is 1.50 bits per heavy atom. The predicted molar refractivity (Wildman–Crippen MR) is 71.1 cm³/mol. The highest BCUT2D eigenvalue weighted by Gasteiger charge is 2.31. The normalized spacial score (nSPS) is 14.6. The molecule has 0 atom stereocenters. The molecule has 1 aromatic rings. The Bertz CT molecular complexity index is 433. The third-order valence-corrected chi connectivity index (χ3v) is 3.19. The van der Waals surface area contributed by atoms with E-state index in [1.54, 1.807) is 12.3 Å². The molecule has 1 aromatic heterocycles. The third kappa shape index (κ3) is 3.43. The molecule has 0 saturated heterocycles. The summed E-state index contributed by atoms with van der Waals surface area (Å²) in [6, 6.07) is 1.69. The summed E-state index contributed by atoms with van der Waals surface area (Å²) in [5.74, 6) is 0.329. The van der Waals surface area contributed by atoms with Crippen molar-refractivity contribution in [2.75, 3.05) is 18.5 Å². The van der Waals surface area contributed by atoms with Crippen LogP contribution in [0.5, 0.6) is 0 Å². The van der Waals surface area contributed by atoms with Crippen molar-refractivity contribution < 1.29 is 9.90 Å². The smallest absolute Gasteiger partial charge is 0.169 e. The van der Waals surface area contributed by atoms with Gasteiger partial charge in [0.05, 0.1) is 5.56 Å². The lowest BCUT2D eigenvalue weighted by Gasteiger charge is -2.11. The number of nitrogens with one attached hydrogen (secondary N) is 1. The van der Waals surface area contributed by atoms with Crippen molar-refractivity contribution in [3.63, 3.8) is 0 Å². The molecule has 98 valence electrons. The first-order valence-electron chi connectivity index (χ1n) is 6.27. The minimum Gasteiger partial charge on any atom is -0.396 e. The molecule has 0 amide bonds. The molecule has 0 aliphatic heterocycles. The molecule has 0 radical (unpaired) electrons. The Labute approximate surface area is 111 Å². The van der Waals surface area contributed by atoms with Crippen LogP contribution in [-0.4, -0.2) is 29.0 Å². The van der Waals surface area contributed by atoms with Gasteiger partial charge < -0.3 is 10.4 Å². The van der Waals surface area contributed by atoms with Crippen molar-refractivity contribution in [1.82, 2.24) is 4.98 Å². The van der Waals surface area contributed by atoms with Gasteiger partial charge in [0.15, 0.2) is 5.78 Å². The predicted octanol–water partition coefficient (Wildman–Crippen LogP) is 2.51. The number of pyridine rings is 1. The fourth-order valence-corrected chi connectivity index (χ4v) is 1.96. The van der Waals surface area contributed by atoms with E-state index in [4.69, 9.17) is 16.7 Å². The van der Waals surface area contributed by atoms with E-state index < -0.39 is 0 Å². The summed E-state index contributed by atoms with van der Waals surface area (Å²) >= 11 is 5.85. The maximum Gasteiger partial charge on any atom is 0.169 e. The van der Waals surface area contributed by atoms with E-state index in [1.807, 2.05) is 0 Å². The number of halogens is 1. The van der Waals surface area contributed by atoms with Crippen molar-refractivity contribution in [2.24, 2.45) is 5.92 Å². The molecule has 2 N–H and O–H groups in total. The zero-order valence-electron chi connectivity index (χ0n) is 10.2. The van der Waals surface area contributed by atoms with E-state index in [1.165, 1.54) is 0 Å². The number of ketones is 1. The highest BCUT2D eigenvalue weighted by atomic mass is 35.5. The molecule has 1 heterocycles. The van der Waals surface area contributed by atoms with Gasteiger partial charge in [-0.05, 0) is 31.7 Å². The quantitative estimate of drug-likeness (QED) is 0.453. The lowest BCUT2D eigenvalue weighted by Crippen LogP contribution is -2.10. The van der Waals surface area contributed by atoms with E-state index in [0.29, 0.717) is 17.3 Å². The number of carbonyl (C=O) groups excluding carboxylic acids is 1. The molecule has 1 aliphatic rings. The SMILES string of the molecule is O=C(c1cnc(Cl)cc1NCCCCO)C1CC1. The van der Waals surface area contributed by atoms with Gasteiger partial charge in [0.1, 0.15) is 5.15 Å². The Hall–Kier alpha value is -1.13. The van der Waals surface area contributed by atoms with Gasteiger partial charge in [0, 0.05) is 31.0 Å². The number of rotatable bonds is 7. The van der Waals surface area contributed by atoms with Crippen LogP contribution in [0.3, 0.4) is 0 Å². The Morgan fingerprint density at radius 2 is 2.28 bits per heavy atom. The summed E-state index contributed by atoms with van der Waals surface area (Å²) in [4.78, 5) is 16.0. The Kier molecular flexibility index (Phi) is 4.55. The first-order chi connectivity index (χ1) is 8.72. The van der Waals surface area contributed by atoms with Gasteiger partial charge in [-0.2, -0.15) is 0 Å². The average molecular weight is 269 g/mol. The maximum absolute atomic E-state index is 12.1. The second kappa shape index (κ2) is 6.16. The molecule has 1 aliphatic carbocycles. The first kappa shape index (κ1) is 13.3. The maximum atomic E-state index is 12.1. The number of aromatic nitrogens is 1. The van der Waals surface area contributed by atoms with Crippen LogP contribution < -0.4 is 5.32 Å². The van der Waals surface area contributed by atoms with Crippen LogP contribution >= 0.6 is 11.6 Å². The minimum absolute atomic E-state index is 0.156. The van der Waals surface area contributed by atoms with Gasteiger partial charge in [0.25, 0.3) is 0 Å². The van der Waals surface area contributed by atoms with E-state index >= 15 is 0 Å². The summed E-state index contributed by atoms with van der Waals surface area (Å²) in [6.45, 7) is 0.901. The summed E-state index contributed by atoms with van der Waals surface area (Å²) in [5, 5.41) is 12.3. The molecule has 0 bridgehead atoms. The van der Waals surface area contributed by atoms with Gasteiger partial charge in [-0.25, -0.2) is 4.98 Å². The topological polar surface area (TPSA) is 62.2 Å². The number of unbranched alkanes of at least 4 members (excludes halogenated alkanes) is 1. The number of hydrogen-bond donors (Lipinski definition) is 2. The van der Waals surface area contributed by atoms with Gasteiger partial charge in [-0.3, -0.25) is 4.79 Å². The summed E-state index contributed by atoms with van der Waals surface area (Å²) in [5.41, 5.74) is 1.38. The van der Waals surface area contributed by atoms with E-state index in [-0.39, 0.29) is 18.3 Å². The molecular formula is C13H17ClN2O2. The molecule has 1 saturated carbocycles.